The first kappa shape index (κ1) is 29.5. The van der Waals surface area contributed by atoms with E-state index in [1.165, 1.54) is 0 Å². The Bertz CT molecular complexity index is 2120. The molecule has 0 saturated heterocycles. The monoisotopic (exact) mass is 628 g/mol. The molecule has 5 aromatic rings. The summed E-state index contributed by atoms with van der Waals surface area (Å²) in [7, 11) is -19.5. The molecule has 0 aliphatic heterocycles. The standard InChI is InChI=1S/C20H12O13S4.K.H/c21-34(22,23)9-1-3-11-13(5-9)17(36(27,28)29)7-15-19(11)20-12-4-2-10(35(24,25)26)6-14(12)18(37(30,31)32)8-16(20)33-15;;/h1-8H,(H,21,22,23)(H,24,25,26)(H,27,28,29)(H,30,31,32);;. The van der Waals surface area contributed by atoms with Crippen LogP contribution in [0.1, 0.15) is 0 Å². The zero-order valence-electron chi connectivity index (χ0n) is 17.7. The molecule has 0 bridgehead atoms. The first-order chi connectivity index (χ1) is 16.9. The third-order valence-corrected chi connectivity index (χ3v) is 9.18. The minimum absolute atomic E-state index is 0. The van der Waals surface area contributed by atoms with Gasteiger partial charge < -0.3 is 4.42 Å². The summed E-state index contributed by atoms with van der Waals surface area (Å²) in [6, 6.07) is 7.47. The SMILES string of the molecule is O=S(=O)(O)c1ccc2c(c1)c(S(=O)(=O)O)cc1oc3cc(S(=O)(=O)O)c4cc(S(=O)(=O)O)ccc4c3c12.[KH]. The van der Waals surface area contributed by atoms with E-state index in [9.17, 15) is 51.9 Å². The summed E-state index contributed by atoms with van der Waals surface area (Å²) in [5, 5.41) is -0.479. The van der Waals surface area contributed by atoms with Gasteiger partial charge in [0.25, 0.3) is 40.5 Å². The zero-order chi connectivity index (χ0) is 27.3. The van der Waals surface area contributed by atoms with Crippen molar-refractivity contribution in [2.75, 3.05) is 0 Å². The van der Waals surface area contributed by atoms with Gasteiger partial charge in [-0.25, -0.2) is 0 Å². The van der Waals surface area contributed by atoms with Crippen molar-refractivity contribution in [2.45, 2.75) is 19.6 Å². The molecule has 0 aliphatic carbocycles. The van der Waals surface area contributed by atoms with Gasteiger partial charge in [0.15, 0.2) is 0 Å². The summed E-state index contributed by atoms with van der Waals surface area (Å²) in [5.74, 6) is 0. The van der Waals surface area contributed by atoms with E-state index in [-0.39, 0.29) is 94.9 Å². The van der Waals surface area contributed by atoms with E-state index in [1.807, 2.05) is 0 Å². The van der Waals surface area contributed by atoms with Gasteiger partial charge in [-0.05, 0) is 35.0 Å². The van der Waals surface area contributed by atoms with Gasteiger partial charge in [-0.3, -0.25) is 18.2 Å². The molecule has 1 aromatic heterocycles. The molecular weight excluding hydrogens is 616 g/mol. The van der Waals surface area contributed by atoms with Gasteiger partial charge in [0.1, 0.15) is 21.0 Å². The fourth-order valence-electron chi connectivity index (χ4n) is 4.24. The van der Waals surface area contributed by atoms with Crippen molar-refractivity contribution < 1.29 is 56.3 Å². The Morgan fingerprint density at radius 1 is 0.474 bits per heavy atom. The van der Waals surface area contributed by atoms with Crippen molar-refractivity contribution in [3.63, 3.8) is 0 Å². The second-order valence-electron chi connectivity index (χ2n) is 7.91. The normalized spacial score (nSPS) is 13.4. The number of furan rings is 1. The van der Waals surface area contributed by atoms with Gasteiger partial charge >= 0.3 is 51.4 Å². The molecule has 13 nitrogen and oxygen atoms in total. The molecule has 0 atom stereocenters. The summed E-state index contributed by atoms with van der Waals surface area (Å²) in [6.07, 6.45) is 0. The van der Waals surface area contributed by atoms with Crippen molar-refractivity contribution >= 4 is 135 Å². The molecule has 4 N–H and O–H groups in total. The van der Waals surface area contributed by atoms with E-state index in [2.05, 4.69) is 0 Å². The molecule has 0 spiro atoms. The molecule has 0 fully saturated rings. The molecule has 5 rings (SSSR count). The van der Waals surface area contributed by atoms with Crippen LogP contribution in [0.2, 0.25) is 0 Å². The Balaban J connectivity index is 0.00000336. The summed E-state index contributed by atoms with van der Waals surface area (Å²) in [5.41, 5.74) is -0.412. The number of benzene rings is 4. The molecule has 196 valence electrons. The third kappa shape index (κ3) is 4.94. The van der Waals surface area contributed by atoms with Crippen molar-refractivity contribution in [3.05, 3.63) is 48.5 Å². The van der Waals surface area contributed by atoms with E-state index in [4.69, 9.17) is 4.42 Å². The first-order valence-electron chi connectivity index (χ1n) is 9.67. The molecule has 0 radical (unpaired) electrons. The Morgan fingerprint density at radius 3 is 1.11 bits per heavy atom. The molecule has 0 amide bonds. The van der Waals surface area contributed by atoms with E-state index >= 15 is 0 Å². The fraction of sp³-hybridized carbons (Fsp3) is 0. The number of hydrogen-bond acceptors (Lipinski definition) is 9. The Labute approximate surface area is 256 Å². The van der Waals surface area contributed by atoms with Gasteiger partial charge in [-0.15, -0.1) is 0 Å². The number of rotatable bonds is 4. The second kappa shape index (κ2) is 9.26. The van der Waals surface area contributed by atoms with Crippen LogP contribution in [0, 0.1) is 0 Å². The van der Waals surface area contributed by atoms with Crippen LogP contribution in [0.15, 0.2) is 72.5 Å². The van der Waals surface area contributed by atoms with Crippen LogP contribution in [-0.2, 0) is 40.5 Å². The molecule has 38 heavy (non-hydrogen) atoms. The Kier molecular flexibility index (Phi) is 7.18. The van der Waals surface area contributed by atoms with Gasteiger partial charge in [-0.1, -0.05) is 12.1 Å². The van der Waals surface area contributed by atoms with E-state index in [1.54, 1.807) is 0 Å². The Hall–Kier alpha value is -1.52. The van der Waals surface area contributed by atoms with Crippen LogP contribution in [0.3, 0.4) is 0 Å². The first-order valence-corrected chi connectivity index (χ1v) is 15.4. The van der Waals surface area contributed by atoms with E-state index in [0.717, 1.165) is 48.5 Å². The fourth-order valence-corrected chi connectivity index (χ4v) is 6.66. The van der Waals surface area contributed by atoms with Gasteiger partial charge in [0.05, 0.1) is 9.79 Å². The van der Waals surface area contributed by atoms with Crippen molar-refractivity contribution in [1.82, 2.24) is 0 Å². The van der Waals surface area contributed by atoms with Crippen LogP contribution in [-0.4, -0.2) is 103 Å². The molecule has 4 aromatic carbocycles. The summed E-state index contributed by atoms with van der Waals surface area (Å²) in [4.78, 5) is -2.94. The van der Waals surface area contributed by atoms with Crippen LogP contribution < -0.4 is 0 Å². The minimum atomic E-state index is -4.98. The Morgan fingerprint density at radius 2 is 0.816 bits per heavy atom. The summed E-state index contributed by atoms with van der Waals surface area (Å²) >= 11 is 0. The summed E-state index contributed by atoms with van der Waals surface area (Å²) in [6.45, 7) is 0. The van der Waals surface area contributed by atoms with Gasteiger partial charge in [0.2, 0.25) is 0 Å². The predicted octanol–water partition coefficient (Wildman–Crippen LogP) is 2.23. The average molecular weight is 629 g/mol. The topological polar surface area (TPSA) is 231 Å². The maximum absolute atomic E-state index is 12.1. The molecule has 0 unspecified atom stereocenters. The third-order valence-electron chi connectivity index (χ3n) is 5.69. The quantitative estimate of drug-likeness (QED) is 0.165. The molecule has 18 heteroatoms. The second-order valence-corrected chi connectivity index (χ2v) is 13.5. The van der Waals surface area contributed by atoms with Crippen molar-refractivity contribution in [3.8, 4) is 0 Å². The molecule has 1 heterocycles. The van der Waals surface area contributed by atoms with Crippen molar-refractivity contribution in [1.29, 1.82) is 0 Å². The maximum atomic E-state index is 12.1. The number of fused-ring (bicyclic) bond motifs is 7. The molecule has 0 saturated carbocycles. The van der Waals surface area contributed by atoms with Crippen LogP contribution in [0.25, 0.3) is 43.5 Å². The van der Waals surface area contributed by atoms with Gasteiger partial charge in [0, 0.05) is 33.7 Å². The summed E-state index contributed by atoms with van der Waals surface area (Å²) < 4.78 is 139. The van der Waals surface area contributed by atoms with Gasteiger partial charge in [-0.2, -0.15) is 33.7 Å². The zero-order valence-corrected chi connectivity index (χ0v) is 21.0. The van der Waals surface area contributed by atoms with Crippen LogP contribution >= 0.6 is 0 Å². The van der Waals surface area contributed by atoms with Crippen molar-refractivity contribution in [2.24, 2.45) is 0 Å². The predicted molar refractivity (Wildman–Crippen MR) is 135 cm³/mol. The van der Waals surface area contributed by atoms with E-state index < -0.39 is 60.1 Å². The molecular formula is C20H13KO13S4. The van der Waals surface area contributed by atoms with Crippen LogP contribution in [0.4, 0.5) is 0 Å². The molecule has 0 aliphatic rings. The number of hydrogen-bond donors (Lipinski definition) is 4. The van der Waals surface area contributed by atoms with Crippen LogP contribution in [0.5, 0.6) is 0 Å². The van der Waals surface area contributed by atoms with E-state index in [0.29, 0.717) is 0 Å². The average Bonchev–Trinajstić information content (AvgIpc) is 3.13.